The first kappa shape index (κ1) is 26.1. The van der Waals surface area contributed by atoms with Crippen molar-refractivity contribution in [2.75, 3.05) is 20.0 Å². The van der Waals surface area contributed by atoms with E-state index in [1.807, 2.05) is 0 Å². The second kappa shape index (κ2) is 10.0. The Labute approximate surface area is 205 Å². The lowest BCUT2D eigenvalue weighted by molar-refractivity contribution is -0.143. The molecule has 0 radical (unpaired) electrons. The molecule has 190 valence electrons. The van der Waals surface area contributed by atoms with Gasteiger partial charge in [0.05, 0.1) is 31.0 Å². The Morgan fingerprint density at radius 2 is 1.53 bits per heavy atom. The van der Waals surface area contributed by atoms with Crippen molar-refractivity contribution in [1.82, 2.24) is 15.6 Å². The average molecular weight is 498 g/mol. The van der Waals surface area contributed by atoms with E-state index in [1.54, 1.807) is 13.0 Å². The van der Waals surface area contributed by atoms with Crippen molar-refractivity contribution in [3.63, 3.8) is 0 Å². The number of nitrogen functional groups attached to an aromatic ring is 1. The molecule has 2 amide bonds. The van der Waals surface area contributed by atoms with Gasteiger partial charge in [0.2, 0.25) is 5.43 Å². The van der Waals surface area contributed by atoms with Crippen molar-refractivity contribution >= 4 is 40.5 Å². The quantitative estimate of drug-likeness (QED) is 0.253. The van der Waals surface area contributed by atoms with E-state index >= 15 is 0 Å². The zero-order chi connectivity index (χ0) is 26.9. The number of aromatic nitrogens is 1. The van der Waals surface area contributed by atoms with Crippen molar-refractivity contribution in [3.8, 4) is 11.5 Å². The van der Waals surface area contributed by atoms with Crippen molar-refractivity contribution in [1.29, 1.82) is 0 Å². The lowest BCUT2D eigenvalue weighted by Gasteiger charge is -2.19. The molecule has 2 unspecified atom stereocenters. The number of hydrogen-bond donors (Lipinski definition) is 3. The maximum Gasteiger partial charge on any atom is 0.328 e. The number of methoxy groups -OCH3 is 2. The maximum absolute atomic E-state index is 13.1. The summed E-state index contributed by atoms with van der Waals surface area (Å²) >= 11 is 0. The van der Waals surface area contributed by atoms with Gasteiger partial charge in [-0.25, -0.2) is 14.6 Å². The highest BCUT2D eigenvalue weighted by Gasteiger charge is 2.30. The second-order valence-corrected chi connectivity index (χ2v) is 8.18. The number of nitrogens with zero attached hydrogens (tertiary/aromatic N) is 1. The second-order valence-electron chi connectivity index (χ2n) is 8.18. The fourth-order valence-electron chi connectivity index (χ4n) is 3.62. The molecule has 2 aliphatic rings. The molecular formula is C24H26N4O8. The minimum Gasteiger partial charge on any atom is -0.467 e. The number of esters is 2. The van der Waals surface area contributed by atoms with Crippen molar-refractivity contribution < 1.29 is 33.1 Å². The Balaban J connectivity index is 2.28. The Hall–Kier alpha value is -4.48. The van der Waals surface area contributed by atoms with Gasteiger partial charge in [-0.15, -0.1) is 0 Å². The standard InChI is InChI=1S/C24H26N4O8/c1-9-7-8-13(21(30)26-11(3)23(32)34-5)16-19(9)36-20-10(2)18(29)15(25)14(17(20)28-16)22(31)27-12(4)24(33)35-6/h7-8,11-12H,25H2,1-6H3,(H,26,30)(H,27,31). The minimum atomic E-state index is -1.05. The van der Waals surface area contributed by atoms with Crippen LogP contribution >= 0.6 is 0 Å². The number of carbonyl (C=O) groups is 4. The number of anilines is 1. The van der Waals surface area contributed by atoms with Gasteiger partial charge in [0.1, 0.15) is 23.3 Å². The SMILES string of the molecule is COC(=O)C(C)NC(=O)c1c2nc3c(C(=O)NC(C)C(=O)OC)ccc(C)c3oc-2c(C)c(=O)c1N. The molecule has 0 fully saturated rings. The minimum absolute atomic E-state index is 0.00107. The molecule has 1 aliphatic carbocycles. The van der Waals surface area contributed by atoms with Crippen LogP contribution in [0.4, 0.5) is 5.69 Å². The van der Waals surface area contributed by atoms with Gasteiger partial charge in [0, 0.05) is 5.56 Å². The van der Waals surface area contributed by atoms with Crippen LogP contribution in [-0.4, -0.2) is 55.0 Å². The van der Waals surface area contributed by atoms with Gasteiger partial charge in [0.25, 0.3) is 11.8 Å². The van der Waals surface area contributed by atoms with Gasteiger partial charge in [-0.2, -0.15) is 0 Å². The predicted molar refractivity (Wildman–Crippen MR) is 129 cm³/mol. The molecule has 1 aromatic carbocycles. The molecule has 0 saturated carbocycles. The van der Waals surface area contributed by atoms with E-state index in [0.717, 1.165) is 0 Å². The first-order chi connectivity index (χ1) is 16.9. The molecular weight excluding hydrogens is 472 g/mol. The Kier molecular flexibility index (Phi) is 7.27. The Morgan fingerprint density at radius 1 is 0.972 bits per heavy atom. The summed E-state index contributed by atoms with van der Waals surface area (Å²) in [4.78, 5) is 67.0. The molecule has 0 spiro atoms. The van der Waals surface area contributed by atoms with Crippen LogP contribution in [0, 0.1) is 13.8 Å². The van der Waals surface area contributed by atoms with E-state index in [0.29, 0.717) is 5.56 Å². The van der Waals surface area contributed by atoms with Crippen LogP contribution in [-0.2, 0) is 19.1 Å². The third kappa shape index (κ3) is 4.57. The summed E-state index contributed by atoms with van der Waals surface area (Å²) in [7, 11) is 2.36. The largest absolute Gasteiger partial charge is 0.467 e. The Morgan fingerprint density at radius 3 is 2.08 bits per heavy atom. The summed E-state index contributed by atoms with van der Waals surface area (Å²) < 4.78 is 15.3. The normalized spacial score (nSPS) is 12.6. The molecule has 12 nitrogen and oxygen atoms in total. The number of hydrogen-bond acceptors (Lipinski definition) is 10. The highest BCUT2D eigenvalue weighted by molar-refractivity contribution is 6.09. The van der Waals surface area contributed by atoms with E-state index in [2.05, 4.69) is 25.1 Å². The molecule has 0 bridgehead atoms. The van der Waals surface area contributed by atoms with Gasteiger partial charge < -0.3 is 30.3 Å². The van der Waals surface area contributed by atoms with Crippen molar-refractivity contribution in [3.05, 3.63) is 44.6 Å². The van der Waals surface area contributed by atoms with E-state index in [1.165, 1.54) is 41.1 Å². The average Bonchev–Trinajstić information content (AvgIpc) is 2.85. The summed E-state index contributed by atoms with van der Waals surface area (Å²) in [5.41, 5.74) is 5.64. The lowest BCUT2D eigenvalue weighted by Crippen LogP contribution is -2.40. The number of fused-ring (bicyclic) bond motifs is 2. The first-order valence-electron chi connectivity index (χ1n) is 10.9. The number of amides is 2. The van der Waals surface area contributed by atoms with Gasteiger partial charge >= 0.3 is 11.9 Å². The van der Waals surface area contributed by atoms with Gasteiger partial charge in [-0.05, 0) is 39.3 Å². The maximum atomic E-state index is 13.1. The van der Waals surface area contributed by atoms with Crippen LogP contribution in [0.15, 0.2) is 21.3 Å². The highest BCUT2D eigenvalue weighted by atomic mass is 16.5. The van der Waals surface area contributed by atoms with Crippen LogP contribution in [0.3, 0.4) is 0 Å². The molecule has 1 aromatic rings. The van der Waals surface area contributed by atoms with E-state index < -0.39 is 47.0 Å². The number of nitrogens with one attached hydrogen (secondary N) is 2. The number of nitrogens with two attached hydrogens (primary N) is 1. The monoisotopic (exact) mass is 498 g/mol. The Bertz CT molecular complexity index is 1430. The number of carbonyl (C=O) groups excluding carboxylic acids is 4. The number of ether oxygens (including phenoxy) is 2. The van der Waals surface area contributed by atoms with Crippen LogP contribution in [0.1, 0.15) is 45.7 Å². The summed E-state index contributed by atoms with van der Waals surface area (Å²) in [5, 5.41) is 4.94. The van der Waals surface area contributed by atoms with Crippen LogP contribution in [0.5, 0.6) is 0 Å². The van der Waals surface area contributed by atoms with Gasteiger partial charge in [-0.3, -0.25) is 14.4 Å². The fourth-order valence-corrected chi connectivity index (χ4v) is 3.62. The zero-order valence-corrected chi connectivity index (χ0v) is 20.6. The fraction of sp³-hybridized carbons (Fsp3) is 0.333. The number of aryl methyl sites for hydroxylation is 1. The molecule has 2 atom stereocenters. The smallest absolute Gasteiger partial charge is 0.328 e. The molecule has 0 saturated heterocycles. The predicted octanol–water partition coefficient (Wildman–Crippen LogP) is 1.07. The molecule has 1 heterocycles. The summed E-state index contributed by atoms with van der Waals surface area (Å²) in [5.74, 6) is -2.85. The van der Waals surface area contributed by atoms with E-state index in [9.17, 15) is 24.0 Å². The molecule has 36 heavy (non-hydrogen) atoms. The topological polar surface area (TPSA) is 180 Å². The van der Waals surface area contributed by atoms with Gasteiger partial charge in [0.15, 0.2) is 11.3 Å². The van der Waals surface area contributed by atoms with Crippen molar-refractivity contribution in [2.45, 2.75) is 39.8 Å². The van der Waals surface area contributed by atoms with Crippen molar-refractivity contribution in [2.24, 2.45) is 0 Å². The van der Waals surface area contributed by atoms with Crippen LogP contribution < -0.4 is 21.8 Å². The molecule has 0 aromatic heterocycles. The molecule has 3 rings (SSSR count). The summed E-state index contributed by atoms with van der Waals surface area (Å²) in [6, 6.07) is 1.11. The molecule has 1 aliphatic heterocycles. The zero-order valence-electron chi connectivity index (χ0n) is 20.6. The van der Waals surface area contributed by atoms with Gasteiger partial charge in [-0.1, -0.05) is 6.07 Å². The number of benzene rings is 2. The van der Waals surface area contributed by atoms with E-state index in [-0.39, 0.29) is 39.2 Å². The van der Waals surface area contributed by atoms with Crippen LogP contribution in [0.2, 0.25) is 0 Å². The summed E-state index contributed by atoms with van der Waals surface area (Å²) in [6.45, 7) is 6.04. The van der Waals surface area contributed by atoms with E-state index in [4.69, 9.17) is 10.2 Å². The number of rotatable bonds is 6. The van der Waals surface area contributed by atoms with Crippen LogP contribution in [0.25, 0.3) is 22.6 Å². The first-order valence-corrected chi connectivity index (χ1v) is 10.9. The lowest BCUT2D eigenvalue weighted by atomic mass is 9.99. The third-order valence-corrected chi connectivity index (χ3v) is 5.68. The highest BCUT2D eigenvalue weighted by Crippen LogP contribution is 2.34. The third-order valence-electron chi connectivity index (χ3n) is 5.68. The molecule has 12 heteroatoms. The summed E-state index contributed by atoms with van der Waals surface area (Å²) in [6.07, 6.45) is 0. The molecule has 4 N–H and O–H groups in total.